The smallest absolute Gasteiger partial charge is 0.243 e. The number of halogens is 1. The molecule has 0 spiro atoms. The maximum absolute atomic E-state index is 12.7. The van der Waals surface area contributed by atoms with Gasteiger partial charge < -0.3 is 0 Å². The highest BCUT2D eigenvalue weighted by Gasteiger charge is 2.01. The normalized spacial score (nSPS) is 10.6. The monoisotopic (exact) mass is 295 g/mol. The number of hydroxylamine groups is 1. The number of hydrogen-bond acceptors (Lipinski definition) is 4. The van der Waals surface area contributed by atoms with E-state index >= 15 is 0 Å². The van der Waals surface area contributed by atoms with E-state index in [4.69, 9.17) is 5.21 Å². The fraction of sp³-hybridized carbons (Fsp3) is 0.357. The molecule has 0 heterocycles. The topological polar surface area (TPSA) is 90.8 Å². The Hall–Kier alpha value is -2.28. The number of carbonyl (C=O) groups is 2. The highest BCUT2D eigenvalue weighted by molar-refractivity contribution is 5.82. The van der Waals surface area contributed by atoms with Crippen LogP contribution < -0.4 is 10.9 Å². The number of benzene rings is 1. The summed E-state index contributed by atoms with van der Waals surface area (Å²) in [5, 5.41) is 12.1. The minimum Gasteiger partial charge on any atom is -0.289 e. The highest BCUT2D eigenvalue weighted by Crippen LogP contribution is 2.03. The summed E-state index contributed by atoms with van der Waals surface area (Å²) in [6.07, 6.45) is 3.93. The van der Waals surface area contributed by atoms with Gasteiger partial charge in [0.15, 0.2) is 0 Å². The van der Waals surface area contributed by atoms with Crippen molar-refractivity contribution >= 4 is 18.0 Å². The van der Waals surface area contributed by atoms with E-state index in [9.17, 15) is 14.0 Å². The van der Waals surface area contributed by atoms with Crippen molar-refractivity contribution in [1.82, 2.24) is 10.9 Å². The Morgan fingerprint density at radius 2 is 1.71 bits per heavy atom. The minimum atomic E-state index is -0.427. The number of rotatable bonds is 8. The predicted octanol–water partition coefficient (Wildman–Crippen LogP) is 1.73. The SMILES string of the molecule is O=C(CCCCCC(=O)N/N=C/c1ccc(F)cc1)NO. The molecule has 114 valence electrons. The van der Waals surface area contributed by atoms with Crippen molar-refractivity contribution in [2.75, 3.05) is 0 Å². The zero-order valence-electron chi connectivity index (χ0n) is 11.5. The summed E-state index contributed by atoms with van der Waals surface area (Å²) in [7, 11) is 0. The largest absolute Gasteiger partial charge is 0.289 e. The number of carbonyl (C=O) groups excluding carboxylic acids is 2. The third-order valence-corrected chi connectivity index (χ3v) is 2.71. The summed E-state index contributed by atoms with van der Waals surface area (Å²) in [4.78, 5) is 22.2. The van der Waals surface area contributed by atoms with Gasteiger partial charge in [-0.25, -0.2) is 15.3 Å². The first-order chi connectivity index (χ1) is 10.1. The van der Waals surface area contributed by atoms with Gasteiger partial charge in [-0.15, -0.1) is 0 Å². The second-order valence-electron chi connectivity index (χ2n) is 4.44. The Balaban J connectivity index is 2.13. The third-order valence-electron chi connectivity index (χ3n) is 2.71. The highest BCUT2D eigenvalue weighted by atomic mass is 19.1. The second kappa shape index (κ2) is 9.60. The van der Waals surface area contributed by atoms with E-state index < -0.39 is 5.91 Å². The first-order valence-corrected chi connectivity index (χ1v) is 6.62. The van der Waals surface area contributed by atoms with Crippen LogP contribution in [0.2, 0.25) is 0 Å². The maximum atomic E-state index is 12.7. The lowest BCUT2D eigenvalue weighted by atomic mass is 10.1. The predicted molar refractivity (Wildman–Crippen MR) is 75.2 cm³/mol. The van der Waals surface area contributed by atoms with Gasteiger partial charge in [-0.1, -0.05) is 18.6 Å². The molecular formula is C14H18FN3O3. The van der Waals surface area contributed by atoms with Gasteiger partial charge in [0.1, 0.15) is 5.82 Å². The molecule has 21 heavy (non-hydrogen) atoms. The second-order valence-corrected chi connectivity index (χ2v) is 4.44. The molecule has 1 aromatic carbocycles. The average Bonchev–Trinajstić information content (AvgIpc) is 2.48. The van der Waals surface area contributed by atoms with Crippen molar-refractivity contribution in [3.63, 3.8) is 0 Å². The Labute approximate surface area is 122 Å². The van der Waals surface area contributed by atoms with E-state index in [1.165, 1.54) is 18.3 Å². The van der Waals surface area contributed by atoms with Crippen LogP contribution in [0.3, 0.4) is 0 Å². The van der Waals surface area contributed by atoms with Gasteiger partial charge in [-0.2, -0.15) is 5.10 Å². The Kier molecular flexibility index (Phi) is 7.67. The number of nitrogens with zero attached hydrogens (tertiary/aromatic N) is 1. The molecular weight excluding hydrogens is 277 g/mol. The van der Waals surface area contributed by atoms with Gasteiger partial charge in [0, 0.05) is 12.8 Å². The molecule has 1 rings (SSSR count). The molecule has 0 fully saturated rings. The quantitative estimate of drug-likeness (QED) is 0.295. The van der Waals surface area contributed by atoms with Crippen LogP contribution in [0.15, 0.2) is 29.4 Å². The van der Waals surface area contributed by atoms with Crippen LogP contribution >= 0.6 is 0 Å². The van der Waals surface area contributed by atoms with Gasteiger partial charge in [0.05, 0.1) is 6.21 Å². The van der Waals surface area contributed by atoms with Gasteiger partial charge in [-0.05, 0) is 30.5 Å². The van der Waals surface area contributed by atoms with Crippen molar-refractivity contribution in [3.05, 3.63) is 35.6 Å². The lowest BCUT2D eigenvalue weighted by Gasteiger charge is -2.00. The Morgan fingerprint density at radius 1 is 1.10 bits per heavy atom. The minimum absolute atomic E-state index is 0.222. The number of hydrazone groups is 1. The van der Waals surface area contributed by atoms with Crippen molar-refractivity contribution in [2.45, 2.75) is 32.1 Å². The van der Waals surface area contributed by atoms with Crippen molar-refractivity contribution in [2.24, 2.45) is 5.10 Å². The fourth-order valence-corrected chi connectivity index (χ4v) is 1.59. The lowest BCUT2D eigenvalue weighted by Crippen LogP contribution is -2.18. The fourth-order valence-electron chi connectivity index (χ4n) is 1.59. The van der Waals surface area contributed by atoms with Crippen LogP contribution in [0, 0.1) is 5.82 Å². The standard InChI is InChI=1S/C14H18FN3O3/c15-12-8-6-11(7-9-12)10-16-17-13(19)4-2-1-3-5-14(20)18-21/h6-10,21H,1-5H2,(H,17,19)(H,18,20)/b16-10+. The van der Waals surface area contributed by atoms with E-state index in [2.05, 4.69) is 10.5 Å². The van der Waals surface area contributed by atoms with Gasteiger partial charge >= 0.3 is 0 Å². The summed E-state index contributed by atoms with van der Waals surface area (Å²) in [5.41, 5.74) is 4.61. The molecule has 0 aromatic heterocycles. The number of unbranched alkanes of at least 4 members (excludes halogenated alkanes) is 2. The molecule has 0 saturated heterocycles. The van der Waals surface area contributed by atoms with Crippen LogP contribution in [-0.4, -0.2) is 23.2 Å². The molecule has 3 N–H and O–H groups in total. The van der Waals surface area contributed by atoms with Crippen LogP contribution in [0.5, 0.6) is 0 Å². The van der Waals surface area contributed by atoms with E-state index in [1.807, 2.05) is 0 Å². The van der Waals surface area contributed by atoms with E-state index in [0.717, 1.165) is 0 Å². The first kappa shape index (κ1) is 16.8. The van der Waals surface area contributed by atoms with Gasteiger partial charge in [0.25, 0.3) is 0 Å². The molecule has 0 aliphatic heterocycles. The first-order valence-electron chi connectivity index (χ1n) is 6.62. The summed E-state index contributed by atoms with van der Waals surface area (Å²) < 4.78 is 12.7. The molecule has 7 heteroatoms. The van der Waals surface area contributed by atoms with Crippen LogP contribution in [0.4, 0.5) is 4.39 Å². The third kappa shape index (κ3) is 7.78. The van der Waals surface area contributed by atoms with Crippen LogP contribution in [0.1, 0.15) is 37.7 Å². The molecule has 0 saturated carbocycles. The Bertz CT molecular complexity index is 489. The molecule has 0 bridgehead atoms. The average molecular weight is 295 g/mol. The molecule has 6 nitrogen and oxygen atoms in total. The summed E-state index contributed by atoms with van der Waals surface area (Å²) in [6.45, 7) is 0. The van der Waals surface area contributed by atoms with E-state index in [-0.39, 0.29) is 18.1 Å². The maximum Gasteiger partial charge on any atom is 0.243 e. The number of hydrogen-bond donors (Lipinski definition) is 3. The van der Waals surface area contributed by atoms with Gasteiger partial charge in [0.2, 0.25) is 11.8 Å². The summed E-state index contributed by atoms with van der Waals surface area (Å²) in [5.74, 6) is -0.977. The van der Waals surface area contributed by atoms with E-state index in [0.29, 0.717) is 31.2 Å². The number of amides is 2. The molecule has 0 unspecified atom stereocenters. The molecule has 0 atom stereocenters. The summed E-state index contributed by atoms with van der Waals surface area (Å²) in [6, 6.07) is 5.73. The molecule has 0 radical (unpaired) electrons. The Morgan fingerprint density at radius 3 is 2.33 bits per heavy atom. The van der Waals surface area contributed by atoms with Crippen molar-refractivity contribution < 1.29 is 19.2 Å². The zero-order valence-corrected chi connectivity index (χ0v) is 11.5. The summed E-state index contributed by atoms with van der Waals surface area (Å²) >= 11 is 0. The lowest BCUT2D eigenvalue weighted by molar-refractivity contribution is -0.129. The van der Waals surface area contributed by atoms with Crippen molar-refractivity contribution in [1.29, 1.82) is 0 Å². The van der Waals surface area contributed by atoms with Gasteiger partial charge in [-0.3, -0.25) is 14.8 Å². The number of nitrogens with one attached hydrogen (secondary N) is 2. The molecule has 2 amide bonds. The van der Waals surface area contributed by atoms with E-state index in [1.54, 1.807) is 17.6 Å². The molecule has 1 aromatic rings. The van der Waals surface area contributed by atoms with Crippen LogP contribution in [0.25, 0.3) is 0 Å². The molecule has 0 aliphatic rings. The van der Waals surface area contributed by atoms with Crippen molar-refractivity contribution in [3.8, 4) is 0 Å². The zero-order chi connectivity index (χ0) is 15.5. The molecule has 0 aliphatic carbocycles. The van der Waals surface area contributed by atoms with Crippen LogP contribution in [-0.2, 0) is 9.59 Å².